The van der Waals surface area contributed by atoms with Crippen molar-refractivity contribution in [1.82, 2.24) is 10.6 Å². The summed E-state index contributed by atoms with van der Waals surface area (Å²) in [5.74, 6) is 1.26. The molecule has 0 heterocycles. The van der Waals surface area contributed by atoms with E-state index in [2.05, 4.69) is 24.5 Å². The van der Waals surface area contributed by atoms with Crippen molar-refractivity contribution in [3.05, 3.63) is 34.9 Å². The number of hydrogen-bond acceptors (Lipinski definition) is 2. The van der Waals surface area contributed by atoms with Crippen LogP contribution >= 0.6 is 11.6 Å². The van der Waals surface area contributed by atoms with Crippen molar-refractivity contribution in [2.45, 2.75) is 58.4 Å². The Morgan fingerprint density at radius 2 is 1.92 bits per heavy atom. The zero-order valence-electron chi connectivity index (χ0n) is 15.2. The number of nitrogens with one attached hydrogen (secondary N) is 2. The third kappa shape index (κ3) is 6.35. The van der Waals surface area contributed by atoms with Gasteiger partial charge in [0.15, 0.2) is 0 Å². The highest BCUT2D eigenvalue weighted by atomic mass is 35.5. The minimum Gasteiger partial charge on any atom is -0.353 e. The molecule has 0 aromatic heterocycles. The van der Waals surface area contributed by atoms with Gasteiger partial charge < -0.3 is 10.6 Å². The van der Waals surface area contributed by atoms with E-state index in [0.29, 0.717) is 23.6 Å². The summed E-state index contributed by atoms with van der Waals surface area (Å²) in [7, 11) is 0. The maximum absolute atomic E-state index is 12.1. The van der Waals surface area contributed by atoms with Gasteiger partial charge in [0.1, 0.15) is 0 Å². The van der Waals surface area contributed by atoms with E-state index in [4.69, 9.17) is 11.6 Å². The maximum atomic E-state index is 12.1. The van der Waals surface area contributed by atoms with Gasteiger partial charge in [-0.25, -0.2) is 0 Å². The van der Waals surface area contributed by atoms with Gasteiger partial charge in [-0.2, -0.15) is 0 Å². The quantitative estimate of drug-likeness (QED) is 0.744. The van der Waals surface area contributed by atoms with Crippen LogP contribution in [0.15, 0.2) is 24.3 Å². The normalized spacial score (nSPS) is 20.8. The summed E-state index contributed by atoms with van der Waals surface area (Å²) in [6.45, 7) is 4.88. The molecule has 0 aliphatic heterocycles. The van der Waals surface area contributed by atoms with Crippen LogP contribution in [0.2, 0.25) is 5.02 Å². The summed E-state index contributed by atoms with van der Waals surface area (Å²) in [6, 6.07) is 7.18. The summed E-state index contributed by atoms with van der Waals surface area (Å²) in [5.41, 5.74) is 0.438. The lowest BCUT2D eigenvalue weighted by Gasteiger charge is -2.19. The molecule has 25 heavy (non-hydrogen) atoms. The topological polar surface area (TPSA) is 58.2 Å². The highest BCUT2D eigenvalue weighted by Gasteiger charge is 2.22. The largest absolute Gasteiger partial charge is 0.353 e. The van der Waals surface area contributed by atoms with E-state index in [1.165, 1.54) is 19.3 Å². The molecule has 1 fully saturated rings. The molecule has 1 aromatic carbocycles. The van der Waals surface area contributed by atoms with E-state index >= 15 is 0 Å². The third-order valence-corrected chi connectivity index (χ3v) is 5.41. The number of benzene rings is 1. The predicted molar refractivity (Wildman–Crippen MR) is 102 cm³/mol. The average molecular weight is 365 g/mol. The number of rotatable bonds is 6. The molecule has 0 radical (unpaired) electrons. The highest BCUT2D eigenvalue weighted by Crippen LogP contribution is 2.28. The van der Waals surface area contributed by atoms with E-state index in [-0.39, 0.29) is 17.9 Å². The Kier molecular flexibility index (Phi) is 7.76. The van der Waals surface area contributed by atoms with Crippen molar-refractivity contribution in [1.29, 1.82) is 0 Å². The van der Waals surface area contributed by atoms with Gasteiger partial charge in [0.05, 0.1) is 10.6 Å². The van der Waals surface area contributed by atoms with Crippen molar-refractivity contribution in [3.63, 3.8) is 0 Å². The van der Waals surface area contributed by atoms with Crippen LogP contribution in [-0.4, -0.2) is 24.4 Å². The van der Waals surface area contributed by atoms with Crippen molar-refractivity contribution in [2.75, 3.05) is 6.54 Å². The first-order valence-electron chi connectivity index (χ1n) is 9.29. The van der Waals surface area contributed by atoms with Crippen LogP contribution in [0.5, 0.6) is 0 Å². The Balaban J connectivity index is 1.70. The molecule has 0 bridgehead atoms. The van der Waals surface area contributed by atoms with Crippen molar-refractivity contribution >= 4 is 23.4 Å². The minimum atomic E-state index is -0.243. The summed E-state index contributed by atoms with van der Waals surface area (Å²) in [6.07, 6.45) is 6.03. The summed E-state index contributed by atoms with van der Waals surface area (Å²) in [4.78, 5) is 24.2. The van der Waals surface area contributed by atoms with E-state index in [1.807, 2.05) is 0 Å². The Morgan fingerprint density at radius 3 is 2.64 bits per heavy atom. The lowest BCUT2D eigenvalue weighted by atomic mass is 9.89. The SMILES string of the molecule is CC(C)[C@H]1CCC[C@@H](NC(=O)CCNC(=O)c2ccccc2Cl)CC1. The Hall–Kier alpha value is -1.55. The van der Waals surface area contributed by atoms with Crippen molar-refractivity contribution < 1.29 is 9.59 Å². The molecule has 2 N–H and O–H groups in total. The summed E-state index contributed by atoms with van der Waals surface area (Å²) < 4.78 is 0. The molecule has 0 spiro atoms. The number of carbonyl (C=O) groups excluding carboxylic acids is 2. The van der Waals surface area contributed by atoms with Crippen LogP contribution in [0.3, 0.4) is 0 Å². The van der Waals surface area contributed by atoms with Crippen LogP contribution < -0.4 is 10.6 Å². The van der Waals surface area contributed by atoms with E-state index < -0.39 is 0 Å². The molecule has 1 aromatic rings. The van der Waals surface area contributed by atoms with Crippen LogP contribution in [-0.2, 0) is 4.79 Å². The molecule has 138 valence electrons. The lowest BCUT2D eigenvalue weighted by molar-refractivity contribution is -0.121. The monoisotopic (exact) mass is 364 g/mol. The molecule has 1 aliphatic rings. The van der Waals surface area contributed by atoms with Gasteiger partial charge >= 0.3 is 0 Å². The first kappa shape index (κ1) is 19.8. The second-order valence-corrected chi connectivity index (χ2v) is 7.67. The highest BCUT2D eigenvalue weighted by molar-refractivity contribution is 6.33. The Labute approximate surface area is 155 Å². The average Bonchev–Trinajstić information content (AvgIpc) is 2.81. The predicted octanol–water partition coefficient (Wildman–Crippen LogP) is 4.18. The van der Waals surface area contributed by atoms with Gasteiger partial charge in [0.2, 0.25) is 5.91 Å². The van der Waals surface area contributed by atoms with Crippen molar-refractivity contribution in [2.24, 2.45) is 11.8 Å². The maximum Gasteiger partial charge on any atom is 0.252 e. The number of hydrogen-bond donors (Lipinski definition) is 2. The van der Waals surface area contributed by atoms with Gasteiger partial charge in [0.25, 0.3) is 5.91 Å². The molecular weight excluding hydrogens is 336 g/mol. The molecule has 2 amide bonds. The van der Waals surface area contributed by atoms with Crippen LogP contribution in [0.25, 0.3) is 0 Å². The fraction of sp³-hybridized carbons (Fsp3) is 0.600. The number of halogens is 1. The minimum absolute atomic E-state index is 0.00690. The zero-order valence-corrected chi connectivity index (χ0v) is 15.9. The molecule has 0 saturated heterocycles. The lowest BCUT2D eigenvalue weighted by Crippen LogP contribution is -2.37. The Bertz CT molecular complexity index is 589. The molecule has 1 saturated carbocycles. The third-order valence-electron chi connectivity index (χ3n) is 5.08. The first-order valence-corrected chi connectivity index (χ1v) is 9.67. The van der Waals surface area contributed by atoms with Crippen molar-refractivity contribution in [3.8, 4) is 0 Å². The summed E-state index contributed by atoms with van der Waals surface area (Å²) >= 11 is 6.00. The number of amides is 2. The van der Waals surface area contributed by atoms with E-state index in [0.717, 1.165) is 24.7 Å². The van der Waals surface area contributed by atoms with Crippen LogP contribution in [0.1, 0.15) is 62.7 Å². The molecule has 1 aliphatic carbocycles. The molecule has 2 rings (SSSR count). The van der Waals surface area contributed by atoms with E-state index in [1.54, 1.807) is 24.3 Å². The van der Waals surface area contributed by atoms with Gasteiger partial charge in [0, 0.05) is 19.0 Å². The molecule has 0 unspecified atom stereocenters. The van der Waals surface area contributed by atoms with Gasteiger partial charge in [-0.1, -0.05) is 50.4 Å². The van der Waals surface area contributed by atoms with Crippen LogP contribution in [0.4, 0.5) is 0 Å². The standard InChI is InChI=1S/C20H29ClN2O2/c1-14(2)15-6-5-7-16(11-10-15)23-19(24)12-13-22-20(25)17-8-3-4-9-18(17)21/h3-4,8-9,14-16H,5-7,10-13H2,1-2H3,(H,22,25)(H,23,24)/t15-,16+/m0/s1. The van der Waals surface area contributed by atoms with Gasteiger partial charge in [-0.05, 0) is 43.2 Å². The second-order valence-electron chi connectivity index (χ2n) is 7.26. The van der Waals surface area contributed by atoms with Gasteiger partial charge in [-0.15, -0.1) is 0 Å². The van der Waals surface area contributed by atoms with Crippen LogP contribution in [0, 0.1) is 11.8 Å². The first-order chi connectivity index (χ1) is 12.0. The van der Waals surface area contributed by atoms with E-state index in [9.17, 15) is 9.59 Å². The smallest absolute Gasteiger partial charge is 0.252 e. The molecule has 2 atom stereocenters. The van der Waals surface area contributed by atoms with Gasteiger partial charge in [-0.3, -0.25) is 9.59 Å². The number of carbonyl (C=O) groups is 2. The molecular formula is C20H29ClN2O2. The fourth-order valence-electron chi connectivity index (χ4n) is 3.47. The summed E-state index contributed by atoms with van der Waals surface area (Å²) in [5, 5.41) is 6.30. The molecule has 4 nitrogen and oxygen atoms in total. The zero-order chi connectivity index (χ0) is 18.2. The fourth-order valence-corrected chi connectivity index (χ4v) is 3.69. The molecule has 5 heteroatoms. The second kappa shape index (κ2) is 9.81. The Morgan fingerprint density at radius 1 is 1.16 bits per heavy atom.